The molecule has 0 aliphatic heterocycles. The van der Waals surface area contributed by atoms with E-state index in [2.05, 4.69) is 32.8 Å². The van der Waals surface area contributed by atoms with Crippen LogP contribution in [0.4, 0.5) is 0 Å². The third-order valence-electron chi connectivity index (χ3n) is 1.41. The molecule has 0 atom stereocenters. The van der Waals surface area contributed by atoms with Gasteiger partial charge in [0, 0.05) is 6.21 Å². The van der Waals surface area contributed by atoms with Gasteiger partial charge in [-0.05, 0) is 13.0 Å². The molecule has 0 radical (unpaired) electrons. The van der Waals surface area contributed by atoms with E-state index in [1.165, 1.54) is 12.3 Å². The number of allylic oxidation sites excluding steroid dienone is 2. The van der Waals surface area contributed by atoms with Crippen LogP contribution in [-0.4, -0.2) is 29.8 Å². The molecule has 8 heteroatoms. The second kappa shape index (κ2) is 8.92. The van der Waals surface area contributed by atoms with Crippen LogP contribution in [0.5, 0.6) is 0 Å². The molecule has 0 saturated carbocycles. The van der Waals surface area contributed by atoms with Gasteiger partial charge in [0.05, 0.1) is 0 Å². The highest BCUT2D eigenvalue weighted by Gasteiger charge is 1.98. The van der Waals surface area contributed by atoms with Gasteiger partial charge in [-0.1, -0.05) is 12.7 Å². The molecule has 0 fully saturated rings. The zero-order valence-corrected chi connectivity index (χ0v) is 9.47. The third kappa shape index (κ3) is 7.56. The Morgan fingerprint density at radius 2 is 2.24 bits per heavy atom. The highest BCUT2D eigenvalue weighted by Crippen LogP contribution is 1.87. The Morgan fingerprint density at radius 3 is 2.71 bits per heavy atom. The van der Waals surface area contributed by atoms with Gasteiger partial charge in [0.2, 0.25) is 5.96 Å². The highest BCUT2D eigenvalue weighted by molar-refractivity contribution is 5.81. The molecule has 0 spiro atoms. The first kappa shape index (κ1) is 14.6. The lowest BCUT2D eigenvalue weighted by molar-refractivity contribution is -0.135. The largest absolute Gasteiger partial charge is 0.480 e. The standard InChI is InChI=1S/C9H16N6O2/c1-3-5-11-7(4-2)14-15-9(13-10)12-6-8(16)17/h3-5,14H,1,6,10H2,2H3,(H,16,17)(H2,12,13,15)/b7-4+,11-5-. The molecule has 0 bridgehead atoms. The summed E-state index contributed by atoms with van der Waals surface area (Å²) < 4.78 is 0. The molecule has 17 heavy (non-hydrogen) atoms. The van der Waals surface area contributed by atoms with E-state index in [9.17, 15) is 4.79 Å². The number of hydrazine groups is 2. The molecule has 0 amide bonds. The second-order valence-corrected chi connectivity index (χ2v) is 2.64. The molecule has 94 valence electrons. The molecule has 0 saturated heterocycles. The molecule has 0 aromatic rings. The predicted octanol–water partition coefficient (Wildman–Crippen LogP) is -0.897. The van der Waals surface area contributed by atoms with Gasteiger partial charge in [-0.3, -0.25) is 21.1 Å². The third-order valence-corrected chi connectivity index (χ3v) is 1.41. The first-order valence-electron chi connectivity index (χ1n) is 4.70. The maximum atomic E-state index is 10.3. The fourth-order valence-corrected chi connectivity index (χ4v) is 0.703. The monoisotopic (exact) mass is 240 g/mol. The SMILES string of the molecule is C=C/C=N\C(=C/C)NN/C(=N/CC(=O)O)NN. The van der Waals surface area contributed by atoms with Gasteiger partial charge in [-0.2, -0.15) is 0 Å². The number of carboxylic acids is 1. The topological polar surface area (TPSA) is 124 Å². The average Bonchev–Trinajstić information content (AvgIpc) is 2.32. The normalized spacial score (nSPS) is 12.4. The van der Waals surface area contributed by atoms with Crippen molar-refractivity contribution in [2.45, 2.75) is 6.92 Å². The van der Waals surface area contributed by atoms with Crippen LogP contribution in [-0.2, 0) is 4.79 Å². The summed E-state index contributed by atoms with van der Waals surface area (Å²) in [5.41, 5.74) is 7.45. The first-order valence-corrected chi connectivity index (χ1v) is 4.70. The van der Waals surface area contributed by atoms with E-state index in [-0.39, 0.29) is 5.96 Å². The van der Waals surface area contributed by atoms with E-state index in [4.69, 9.17) is 10.9 Å². The molecule has 0 aliphatic carbocycles. The van der Waals surface area contributed by atoms with Gasteiger partial charge in [-0.25, -0.2) is 15.8 Å². The summed E-state index contributed by atoms with van der Waals surface area (Å²) in [7, 11) is 0. The highest BCUT2D eigenvalue weighted by atomic mass is 16.4. The Kier molecular flexibility index (Phi) is 7.69. The van der Waals surface area contributed by atoms with Crippen LogP contribution in [0.1, 0.15) is 6.92 Å². The van der Waals surface area contributed by atoms with E-state index in [0.29, 0.717) is 5.82 Å². The number of nitrogens with one attached hydrogen (secondary N) is 3. The number of rotatable bonds is 6. The molecule has 0 aliphatic rings. The van der Waals surface area contributed by atoms with E-state index in [1.807, 2.05) is 0 Å². The Bertz CT molecular complexity index is 347. The number of nitrogens with two attached hydrogens (primary N) is 1. The van der Waals surface area contributed by atoms with Crippen molar-refractivity contribution in [3.63, 3.8) is 0 Å². The molecule has 0 rings (SSSR count). The predicted molar refractivity (Wildman–Crippen MR) is 66.0 cm³/mol. The van der Waals surface area contributed by atoms with E-state index in [1.54, 1.807) is 13.0 Å². The molecule has 0 aromatic carbocycles. The minimum Gasteiger partial charge on any atom is -0.480 e. The Hall–Kier alpha value is -2.35. The van der Waals surface area contributed by atoms with E-state index < -0.39 is 12.5 Å². The first-order chi connectivity index (χ1) is 8.13. The second-order valence-electron chi connectivity index (χ2n) is 2.64. The van der Waals surface area contributed by atoms with E-state index in [0.717, 1.165) is 0 Å². The summed E-state index contributed by atoms with van der Waals surface area (Å²) in [5, 5.41) is 8.43. The summed E-state index contributed by atoms with van der Waals surface area (Å²) in [6.07, 6.45) is 4.71. The summed E-state index contributed by atoms with van der Waals surface area (Å²) in [5.74, 6) is 4.66. The van der Waals surface area contributed by atoms with Crippen molar-refractivity contribution in [2.75, 3.05) is 6.54 Å². The van der Waals surface area contributed by atoms with Crippen LogP contribution in [0.25, 0.3) is 0 Å². The van der Waals surface area contributed by atoms with Crippen LogP contribution < -0.4 is 22.1 Å². The van der Waals surface area contributed by atoms with Gasteiger partial charge in [-0.15, -0.1) is 0 Å². The van der Waals surface area contributed by atoms with Gasteiger partial charge >= 0.3 is 5.97 Å². The Labute approximate surface area is 99.0 Å². The maximum absolute atomic E-state index is 10.3. The van der Waals surface area contributed by atoms with E-state index >= 15 is 0 Å². The fourth-order valence-electron chi connectivity index (χ4n) is 0.703. The molecule has 0 heterocycles. The molecule has 0 aromatic heterocycles. The lowest BCUT2D eigenvalue weighted by Gasteiger charge is -2.10. The van der Waals surface area contributed by atoms with Gasteiger partial charge < -0.3 is 5.11 Å². The smallest absolute Gasteiger partial charge is 0.325 e. The lowest BCUT2D eigenvalue weighted by atomic mass is 10.6. The fraction of sp³-hybridized carbons (Fsp3) is 0.222. The minimum absolute atomic E-state index is 0.0838. The van der Waals surface area contributed by atoms with Crippen molar-refractivity contribution in [3.05, 3.63) is 24.6 Å². The van der Waals surface area contributed by atoms with Crippen molar-refractivity contribution in [3.8, 4) is 0 Å². The number of carboxylic acid groups (broad SMARTS) is 1. The summed E-state index contributed by atoms with van der Waals surface area (Å²) >= 11 is 0. The molecule has 8 nitrogen and oxygen atoms in total. The zero-order valence-electron chi connectivity index (χ0n) is 9.47. The molecule has 0 unspecified atom stereocenters. The molecular weight excluding hydrogens is 224 g/mol. The van der Waals surface area contributed by atoms with Crippen molar-refractivity contribution < 1.29 is 9.90 Å². The van der Waals surface area contributed by atoms with Gasteiger partial charge in [0.1, 0.15) is 12.4 Å². The van der Waals surface area contributed by atoms with Crippen molar-refractivity contribution >= 4 is 18.1 Å². The Balaban J connectivity index is 4.30. The number of aliphatic carboxylic acids is 1. The minimum atomic E-state index is -1.06. The molecule has 6 N–H and O–H groups in total. The van der Waals surface area contributed by atoms with Gasteiger partial charge in [0.25, 0.3) is 0 Å². The summed E-state index contributed by atoms with van der Waals surface area (Å²) in [6.45, 7) is 4.86. The van der Waals surface area contributed by atoms with Crippen molar-refractivity contribution in [1.29, 1.82) is 0 Å². The average molecular weight is 240 g/mol. The van der Waals surface area contributed by atoms with Crippen LogP contribution in [0.2, 0.25) is 0 Å². The number of hydrogen-bond donors (Lipinski definition) is 5. The van der Waals surface area contributed by atoms with Crippen molar-refractivity contribution in [2.24, 2.45) is 15.8 Å². The lowest BCUT2D eigenvalue weighted by Crippen LogP contribution is -2.47. The number of guanidine groups is 1. The van der Waals surface area contributed by atoms with Gasteiger partial charge in [0.15, 0.2) is 0 Å². The zero-order chi connectivity index (χ0) is 13.1. The number of nitrogens with zero attached hydrogens (tertiary/aromatic N) is 2. The quantitative estimate of drug-likeness (QED) is 0.177. The Morgan fingerprint density at radius 1 is 1.53 bits per heavy atom. The van der Waals surface area contributed by atoms with Crippen molar-refractivity contribution in [1.82, 2.24) is 16.3 Å². The van der Waals surface area contributed by atoms with Crippen LogP contribution in [0.3, 0.4) is 0 Å². The number of carbonyl (C=O) groups is 1. The number of aliphatic imine (C=N–C) groups is 2. The number of hydrogen-bond acceptors (Lipinski definition) is 5. The molecular formula is C9H16N6O2. The summed E-state index contributed by atoms with van der Waals surface area (Å²) in [4.78, 5) is 17.9. The maximum Gasteiger partial charge on any atom is 0.325 e. The van der Waals surface area contributed by atoms with Crippen LogP contribution in [0.15, 0.2) is 34.5 Å². The van der Waals surface area contributed by atoms with Crippen LogP contribution >= 0.6 is 0 Å². The summed E-state index contributed by atoms with van der Waals surface area (Å²) in [6, 6.07) is 0. The van der Waals surface area contributed by atoms with Crippen LogP contribution in [0, 0.1) is 0 Å².